The van der Waals surface area contributed by atoms with Crippen molar-refractivity contribution in [3.05, 3.63) is 0 Å². The molecule has 0 saturated carbocycles. The van der Waals surface area contributed by atoms with Gasteiger partial charge in [0, 0.05) is 38.9 Å². The minimum atomic E-state index is -3.20. The Bertz CT molecular complexity index is 530. The lowest BCUT2D eigenvalue weighted by molar-refractivity contribution is -0.150. The molecule has 3 rings (SSSR count). The highest BCUT2D eigenvalue weighted by Crippen LogP contribution is 2.42. The topological polar surface area (TPSA) is 66.9 Å². The van der Waals surface area contributed by atoms with Gasteiger partial charge in [-0.15, -0.1) is 0 Å². The second-order valence-corrected chi connectivity index (χ2v) is 8.97. The van der Waals surface area contributed by atoms with Crippen LogP contribution in [0.2, 0.25) is 0 Å². The van der Waals surface area contributed by atoms with Crippen LogP contribution in [-0.4, -0.2) is 68.2 Å². The maximum absolute atomic E-state index is 13.1. The highest BCUT2D eigenvalue weighted by molar-refractivity contribution is 7.89. The Balaban J connectivity index is 1.75. The lowest BCUT2D eigenvalue weighted by Gasteiger charge is -2.44. The Hall–Kier alpha value is -0.660. The van der Waals surface area contributed by atoms with E-state index >= 15 is 0 Å². The van der Waals surface area contributed by atoms with E-state index in [2.05, 4.69) is 0 Å². The quantitative estimate of drug-likeness (QED) is 0.769. The van der Waals surface area contributed by atoms with Crippen molar-refractivity contribution in [3.8, 4) is 0 Å². The van der Waals surface area contributed by atoms with Crippen LogP contribution in [0.15, 0.2) is 0 Å². The summed E-state index contributed by atoms with van der Waals surface area (Å²) >= 11 is 0. The number of piperidine rings is 1. The highest BCUT2D eigenvalue weighted by Gasteiger charge is 2.51. The van der Waals surface area contributed by atoms with Crippen molar-refractivity contribution in [3.63, 3.8) is 0 Å². The predicted octanol–water partition coefficient (Wildman–Crippen LogP) is 0.830. The van der Waals surface area contributed by atoms with Crippen LogP contribution < -0.4 is 0 Å². The highest BCUT2D eigenvalue weighted by atomic mass is 32.2. The summed E-state index contributed by atoms with van der Waals surface area (Å²) in [6.07, 6.45) is 4.27. The molecule has 6 nitrogen and oxygen atoms in total. The maximum atomic E-state index is 13.1. The summed E-state index contributed by atoms with van der Waals surface area (Å²) in [6, 6.07) is 0.273. The fourth-order valence-corrected chi connectivity index (χ4v) is 5.26. The third-order valence-corrected chi connectivity index (χ3v) is 7.31. The molecule has 3 saturated heterocycles. The van der Waals surface area contributed by atoms with E-state index in [0.717, 1.165) is 45.4 Å². The number of hydrogen-bond donors (Lipinski definition) is 0. The molecule has 0 radical (unpaired) electrons. The van der Waals surface area contributed by atoms with Gasteiger partial charge in [0.1, 0.15) is 0 Å². The fourth-order valence-electron chi connectivity index (χ4n) is 4.08. The first-order valence-corrected chi connectivity index (χ1v) is 9.96. The van der Waals surface area contributed by atoms with Gasteiger partial charge < -0.3 is 9.64 Å². The largest absolute Gasteiger partial charge is 0.381 e. The van der Waals surface area contributed by atoms with E-state index in [-0.39, 0.29) is 17.7 Å². The minimum Gasteiger partial charge on any atom is -0.381 e. The molecule has 3 fully saturated rings. The third kappa shape index (κ3) is 2.78. The Kier molecular flexibility index (Phi) is 4.49. The molecule has 0 aromatic heterocycles. The van der Waals surface area contributed by atoms with E-state index in [0.29, 0.717) is 19.5 Å². The molecule has 1 atom stereocenters. The Morgan fingerprint density at radius 2 is 1.95 bits per heavy atom. The first kappa shape index (κ1) is 16.2. The number of ether oxygens (including phenoxy) is 1. The number of carbonyl (C=O) groups is 1. The Morgan fingerprint density at radius 1 is 1.23 bits per heavy atom. The molecule has 0 aromatic rings. The summed E-state index contributed by atoms with van der Waals surface area (Å²) in [5.74, 6) is 0.292. The molecular formula is C15H26N2O4S. The average molecular weight is 330 g/mol. The van der Waals surface area contributed by atoms with Gasteiger partial charge in [-0.25, -0.2) is 12.7 Å². The van der Waals surface area contributed by atoms with Gasteiger partial charge in [0.2, 0.25) is 15.9 Å². The molecule has 3 aliphatic heterocycles. The number of hydrogen-bond acceptors (Lipinski definition) is 4. The fraction of sp³-hybridized carbons (Fsp3) is 0.933. The smallest absolute Gasteiger partial charge is 0.230 e. The minimum absolute atomic E-state index is 0.112. The Morgan fingerprint density at radius 3 is 2.64 bits per heavy atom. The average Bonchev–Trinajstić information content (AvgIpc) is 2.97. The lowest BCUT2D eigenvalue weighted by atomic mass is 9.77. The molecule has 0 aliphatic carbocycles. The monoisotopic (exact) mass is 330 g/mol. The number of amides is 1. The molecule has 1 amide bonds. The van der Waals surface area contributed by atoms with Crippen LogP contribution in [0, 0.1) is 5.41 Å². The molecule has 126 valence electrons. The number of carbonyl (C=O) groups excluding carboxylic acids is 1. The second-order valence-electron chi connectivity index (χ2n) is 6.71. The van der Waals surface area contributed by atoms with Crippen molar-refractivity contribution in [2.24, 2.45) is 5.41 Å². The number of rotatable bonds is 3. The Labute approximate surface area is 132 Å². The van der Waals surface area contributed by atoms with Crippen LogP contribution in [-0.2, 0) is 19.6 Å². The zero-order valence-corrected chi connectivity index (χ0v) is 14.1. The first-order chi connectivity index (χ1) is 10.5. The molecule has 3 aliphatic rings. The normalized spacial score (nSPS) is 32.0. The molecule has 22 heavy (non-hydrogen) atoms. The molecule has 1 unspecified atom stereocenters. The van der Waals surface area contributed by atoms with E-state index in [1.165, 1.54) is 4.31 Å². The van der Waals surface area contributed by atoms with E-state index in [4.69, 9.17) is 4.74 Å². The summed E-state index contributed by atoms with van der Waals surface area (Å²) in [5, 5.41) is 0. The van der Waals surface area contributed by atoms with E-state index in [9.17, 15) is 13.2 Å². The van der Waals surface area contributed by atoms with Gasteiger partial charge in [0.05, 0.1) is 11.2 Å². The van der Waals surface area contributed by atoms with Gasteiger partial charge in [-0.2, -0.15) is 0 Å². The van der Waals surface area contributed by atoms with Crippen LogP contribution in [0.4, 0.5) is 0 Å². The van der Waals surface area contributed by atoms with Gasteiger partial charge in [-0.1, -0.05) is 0 Å². The van der Waals surface area contributed by atoms with Gasteiger partial charge >= 0.3 is 0 Å². The van der Waals surface area contributed by atoms with Gasteiger partial charge in [0.15, 0.2) is 0 Å². The number of likely N-dealkylation sites (tertiary alicyclic amines) is 1. The zero-order chi connectivity index (χ0) is 15.8. The van der Waals surface area contributed by atoms with E-state index < -0.39 is 15.4 Å². The van der Waals surface area contributed by atoms with Crippen LogP contribution in [0.5, 0.6) is 0 Å². The van der Waals surface area contributed by atoms with Crippen LogP contribution in [0.3, 0.4) is 0 Å². The SMILES string of the molecule is CCS(=O)(=O)N1CCC2(CCCN(C3CCOCC3)C2=O)C1. The van der Waals surface area contributed by atoms with Crippen LogP contribution in [0.1, 0.15) is 39.0 Å². The number of sulfonamides is 1. The second kappa shape index (κ2) is 6.09. The van der Waals surface area contributed by atoms with E-state index in [1.54, 1.807) is 6.92 Å². The van der Waals surface area contributed by atoms with Crippen LogP contribution in [0.25, 0.3) is 0 Å². The summed E-state index contributed by atoms with van der Waals surface area (Å²) in [6.45, 7) is 4.78. The standard InChI is InChI=1S/C15H26N2O4S/c1-2-22(19,20)16-9-7-15(12-16)6-3-8-17(14(15)18)13-4-10-21-11-5-13/h13H,2-12H2,1H3. The molecular weight excluding hydrogens is 304 g/mol. The molecule has 0 N–H and O–H groups in total. The zero-order valence-electron chi connectivity index (χ0n) is 13.3. The van der Waals surface area contributed by atoms with Crippen molar-refractivity contribution in [2.45, 2.75) is 45.1 Å². The van der Waals surface area contributed by atoms with Crippen LogP contribution >= 0.6 is 0 Å². The van der Waals surface area contributed by atoms with Crippen molar-refractivity contribution in [2.75, 3.05) is 38.6 Å². The third-order valence-electron chi connectivity index (χ3n) is 5.48. The maximum Gasteiger partial charge on any atom is 0.230 e. The summed E-state index contributed by atoms with van der Waals surface area (Å²) < 4.78 is 31.1. The van der Waals surface area contributed by atoms with Crippen molar-refractivity contribution >= 4 is 15.9 Å². The lowest BCUT2D eigenvalue weighted by Crippen LogP contribution is -2.55. The number of nitrogens with zero attached hydrogens (tertiary/aromatic N) is 2. The summed E-state index contributed by atoms with van der Waals surface area (Å²) in [4.78, 5) is 15.1. The first-order valence-electron chi connectivity index (χ1n) is 8.35. The molecule has 3 heterocycles. The molecule has 7 heteroatoms. The van der Waals surface area contributed by atoms with Gasteiger partial charge in [-0.3, -0.25) is 4.79 Å². The van der Waals surface area contributed by atoms with E-state index in [1.807, 2.05) is 4.90 Å². The summed E-state index contributed by atoms with van der Waals surface area (Å²) in [5.41, 5.74) is -0.473. The molecule has 0 aromatic carbocycles. The molecule has 1 spiro atoms. The van der Waals surface area contributed by atoms with Crippen molar-refractivity contribution in [1.29, 1.82) is 0 Å². The summed E-state index contributed by atoms with van der Waals surface area (Å²) in [7, 11) is -3.20. The van der Waals surface area contributed by atoms with Gasteiger partial charge in [-0.05, 0) is 39.0 Å². The predicted molar refractivity (Wildman–Crippen MR) is 82.9 cm³/mol. The van der Waals surface area contributed by atoms with Crippen molar-refractivity contribution < 1.29 is 17.9 Å². The molecule has 0 bridgehead atoms. The van der Waals surface area contributed by atoms with Crippen molar-refractivity contribution in [1.82, 2.24) is 9.21 Å². The van der Waals surface area contributed by atoms with Gasteiger partial charge in [0.25, 0.3) is 0 Å².